The standard InChI is InChI=1S/C21H28N2O7S/c1-15(14-27-2)22-21(24)13-23(16-6-8-17(28-3)9-7-16)31(25,26)18-10-11-19(29-4)20(12-18)30-5/h6-12,15H,13-14H2,1-5H3,(H,22,24)/t15-/m0/s1. The lowest BCUT2D eigenvalue weighted by Gasteiger charge is -2.25. The molecule has 0 unspecified atom stereocenters. The lowest BCUT2D eigenvalue weighted by molar-refractivity contribution is -0.120. The minimum Gasteiger partial charge on any atom is -0.497 e. The first-order chi connectivity index (χ1) is 14.8. The van der Waals surface area contributed by atoms with Crippen LogP contribution in [0.5, 0.6) is 17.2 Å². The van der Waals surface area contributed by atoms with Crippen molar-refractivity contribution in [1.82, 2.24) is 5.32 Å². The Bertz CT molecular complexity index is 978. The van der Waals surface area contributed by atoms with E-state index in [0.717, 1.165) is 4.31 Å². The van der Waals surface area contributed by atoms with Crippen molar-refractivity contribution in [3.8, 4) is 17.2 Å². The number of benzene rings is 2. The third kappa shape index (κ3) is 6.02. The van der Waals surface area contributed by atoms with Crippen molar-refractivity contribution in [3.05, 3.63) is 42.5 Å². The number of nitrogens with zero attached hydrogens (tertiary/aromatic N) is 1. The minimum atomic E-state index is -4.11. The molecule has 0 saturated carbocycles. The second-order valence-corrected chi connectivity index (χ2v) is 8.51. The van der Waals surface area contributed by atoms with Crippen molar-refractivity contribution in [3.63, 3.8) is 0 Å². The molecule has 1 amide bonds. The van der Waals surface area contributed by atoms with E-state index in [2.05, 4.69) is 5.32 Å². The quantitative estimate of drug-likeness (QED) is 0.557. The van der Waals surface area contributed by atoms with Gasteiger partial charge in [-0.15, -0.1) is 0 Å². The second-order valence-electron chi connectivity index (χ2n) is 6.65. The van der Waals surface area contributed by atoms with E-state index in [1.54, 1.807) is 31.2 Å². The molecule has 10 heteroatoms. The molecule has 0 bridgehead atoms. The molecule has 2 aromatic rings. The fourth-order valence-corrected chi connectivity index (χ4v) is 4.35. The predicted octanol–water partition coefficient (Wildman–Crippen LogP) is 2.06. The third-order valence-corrected chi connectivity index (χ3v) is 6.18. The number of carbonyl (C=O) groups is 1. The van der Waals surface area contributed by atoms with Crippen LogP contribution in [0.3, 0.4) is 0 Å². The van der Waals surface area contributed by atoms with Gasteiger partial charge in [-0.1, -0.05) is 0 Å². The van der Waals surface area contributed by atoms with Crippen LogP contribution in [-0.4, -0.2) is 62.0 Å². The average molecular weight is 453 g/mol. The van der Waals surface area contributed by atoms with E-state index in [4.69, 9.17) is 18.9 Å². The van der Waals surface area contributed by atoms with Gasteiger partial charge >= 0.3 is 0 Å². The summed E-state index contributed by atoms with van der Waals surface area (Å²) in [6, 6.07) is 10.4. The van der Waals surface area contributed by atoms with Gasteiger partial charge in [0.1, 0.15) is 12.3 Å². The van der Waals surface area contributed by atoms with Gasteiger partial charge in [0.15, 0.2) is 11.5 Å². The highest BCUT2D eigenvalue weighted by Gasteiger charge is 2.28. The van der Waals surface area contributed by atoms with E-state index in [-0.39, 0.29) is 16.7 Å². The van der Waals surface area contributed by atoms with Crippen molar-refractivity contribution in [2.75, 3.05) is 45.9 Å². The second kappa shape index (κ2) is 10.9. The molecule has 0 aliphatic heterocycles. The SMILES string of the molecule is COC[C@H](C)NC(=O)CN(c1ccc(OC)cc1)S(=O)(=O)c1ccc(OC)c(OC)c1. The lowest BCUT2D eigenvalue weighted by atomic mass is 10.3. The normalized spacial score (nSPS) is 12.0. The summed E-state index contributed by atoms with van der Waals surface area (Å²) in [4.78, 5) is 12.6. The molecule has 0 aromatic heterocycles. The molecule has 0 aliphatic carbocycles. The zero-order valence-electron chi connectivity index (χ0n) is 18.2. The maximum absolute atomic E-state index is 13.5. The highest BCUT2D eigenvalue weighted by Crippen LogP contribution is 2.32. The molecular formula is C21H28N2O7S. The maximum atomic E-state index is 13.5. The molecule has 0 saturated heterocycles. The van der Waals surface area contributed by atoms with Gasteiger partial charge in [-0.05, 0) is 43.3 Å². The zero-order valence-corrected chi connectivity index (χ0v) is 19.1. The number of anilines is 1. The summed E-state index contributed by atoms with van der Waals surface area (Å²) in [6.07, 6.45) is 0. The van der Waals surface area contributed by atoms with Crippen molar-refractivity contribution in [2.24, 2.45) is 0 Å². The van der Waals surface area contributed by atoms with Crippen LogP contribution in [0.1, 0.15) is 6.92 Å². The number of carbonyl (C=O) groups excluding carboxylic acids is 1. The monoisotopic (exact) mass is 452 g/mol. The highest BCUT2D eigenvalue weighted by molar-refractivity contribution is 7.92. The maximum Gasteiger partial charge on any atom is 0.264 e. The number of hydrogen-bond donors (Lipinski definition) is 1. The molecule has 2 rings (SSSR count). The molecule has 1 N–H and O–H groups in total. The molecule has 2 aromatic carbocycles. The van der Waals surface area contributed by atoms with Crippen LogP contribution < -0.4 is 23.8 Å². The Kier molecular flexibility index (Phi) is 8.52. The van der Waals surface area contributed by atoms with Crippen LogP contribution in [0, 0.1) is 0 Å². The Morgan fingerprint density at radius 2 is 1.61 bits per heavy atom. The van der Waals surface area contributed by atoms with E-state index in [9.17, 15) is 13.2 Å². The number of ether oxygens (including phenoxy) is 4. The van der Waals surface area contributed by atoms with Crippen LogP contribution in [0.2, 0.25) is 0 Å². The Hall–Kier alpha value is -2.98. The average Bonchev–Trinajstić information content (AvgIpc) is 2.77. The number of sulfonamides is 1. The summed E-state index contributed by atoms with van der Waals surface area (Å²) >= 11 is 0. The first-order valence-electron chi connectivity index (χ1n) is 9.44. The summed E-state index contributed by atoms with van der Waals surface area (Å²) < 4.78 is 48.6. The molecule has 0 spiro atoms. The fourth-order valence-electron chi connectivity index (χ4n) is 2.91. The largest absolute Gasteiger partial charge is 0.497 e. The Morgan fingerprint density at radius 1 is 0.968 bits per heavy atom. The van der Waals surface area contributed by atoms with E-state index >= 15 is 0 Å². The summed E-state index contributed by atoms with van der Waals surface area (Å²) in [6.45, 7) is 1.65. The number of amides is 1. The van der Waals surface area contributed by atoms with Crippen molar-refractivity contribution in [1.29, 1.82) is 0 Å². The van der Waals surface area contributed by atoms with Gasteiger partial charge in [-0.2, -0.15) is 0 Å². The lowest BCUT2D eigenvalue weighted by Crippen LogP contribution is -2.44. The molecule has 1 atom stereocenters. The first kappa shape index (κ1) is 24.3. The van der Waals surface area contributed by atoms with E-state index in [0.29, 0.717) is 23.8 Å². The van der Waals surface area contributed by atoms with E-state index in [1.165, 1.54) is 46.6 Å². The summed E-state index contributed by atoms with van der Waals surface area (Å²) in [5.41, 5.74) is 0.310. The molecule has 170 valence electrons. The van der Waals surface area contributed by atoms with Gasteiger partial charge < -0.3 is 24.3 Å². The molecule has 0 heterocycles. The summed E-state index contributed by atoms with van der Waals surface area (Å²) in [7, 11) is 1.80. The van der Waals surface area contributed by atoms with Gasteiger partial charge in [0, 0.05) is 19.2 Å². The summed E-state index contributed by atoms with van der Waals surface area (Å²) in [5.74, 6) is 0.745. The number of nitrogens with one attached hydrogen (secondary N) is 1. The molecule has 9 nitrogen and oxygen atoms in total. The minimum absolute atomic E-state index is 0.0429. The smallest absolute Gasteiger partial charge is 0.264 e. The van der Waals surface area contributed by atoms with Crippen LogP contribution in [0.4, 0.5) is 5.69 Å². The van der Waals surface area contributed by atoms with Crippen LogP contribution in [-0.2, 0) is 19.6 Å². The van der Waals surface area contributed by atoms with Gasteiger partial charge in [0.25, 0.3) is 10.0 Å². The zero-order chi connectivity index (χ0) is 23.0. The van der Waals surface area contributed by atoms with Crippen LogP contribution >= 0.6 is 0 Å². The Labute approximate surface area is 182 Å². The van der Waals surface area contributed by atoms with Crippen molar-refractivity contribution >= 4 is 21.6 Å². The van der Waals surface area contributed by atoms with Crippen molar-refractivity contribution < 1.29 is 32.2 Å². The van der Waals surface area contributed by atoms with Crippen LogP contribution in [0.25, 0.3) is 0 Å². The topological polar surface area (TPSA) is 103 Å². The van der Waals surface area contributed by atoms with Gasteiger partial charge in [0.2, 0.25) is 5.91 Å². The van der Waals surface area contributed by atoms with Crippen molar-refractivity contribution in [2.45, 2.75) is 17.9 Å². The molecule has 0 radical (unpaired) electrons. The number of hydrogen-bond acceptors (Lipinski definition) is 7. The van der Waals surface area contributed by atoms with Gasteiger partial charge in [-0.3, -0.25) is 9.10 Å². The fraction of sp³-hybridized carbons (Fsp3) is 0.381. The number of rotatable bonds is 11. The van der Waals surface area contributed by atoms with Crippen LogP contribution in [0.15, 0.2) is 47.4 Å². The number of methoxy groups -OCH3 is 4. The Balaban J connectivity index is 2.45. The third-order valence-electron chi connectivity index (χ3n) is 4.41. The molecule has 31 heavy (non-hydrogen) atoms. The predicted molar refractivity (Wildman–Crippen MR) is 117 cm³/mol. The van der Waals surface area contributed by atoms with Gasteiger partial charge in [0.05, 0.1) is 38.5 Å². The first-order valence-corrected chi connectivity index (χ1v) is 10.9. The van der Waals surface area contributed by atoms with Gasteiger partial charge in [-0.25, -0.2) is 8.42 Å². The van der Waals surface area contributed by atoms with E-state index in [1.807, 2.05) is 0 Å². The highest BCUT2D eigenvalue weighted by atomic mass is 32.2. The van der Waals surface area contributed by atoms with E-state index < -0.39 is 22.5 Å². The molecule has 0 aliphatic rings. The summed E-state index contributed by atoms with van der Waals surface area (Å²) in [5, 5.41) is 2.73. The molecule has 0 fully saturated rings. The Morgan fingerprint density at radius 3 is 2.16 bits per heavy atom. The molecular weight excluding hydrogens is 424 g/mol.